The van der Waals surface area contributed by atoms with Crippen LogP contribution in [0.5, 0.6) is 0 Å². The molecule has 1 amide bonds. The number of fused-ring (bicyclic) bond motifs is 1. The number of carbonyl (C=O) groups is 1. The van der Waals surface area contributed by atoms with Crippen molar-refractivity contribution in [2.24, 2.45) is 5.73 Å². The standard InChI is InChI=1S/C15H18N4O/c1-10-8-11-4-2-3-5-12(11)18-15(10)19-7-6-17-9-13(19)14(16)20/h2-5,8,13,17H,6-7,9H2,1H3,(H2,16,20). The molecule has 1 unspecified atom stereocenters. The number of aryl methyl sites for hydroxylation is 1. The number of primary amides is 1. The fourth-order valence-electron chi connectivity index (χ4n) is 2.71. The zero-order chi connectivity index (χ0) is 14.1. The van der Waals surface area contributed by atoms with E-state index in [1.807, 2.05) is 36.1 Å². The second-order valence-electron chi connectivity index (χ2n) is 5.14. The number of pyridine rings is 1. The highest BCUT2D eigenvalue weighted by Gasteiger charge is 2.28. The van der Waals surface area contributed by atoms with Crippen molar-refractivity contribution in [3.8, 4) is 0 Å². The van der Waals surface area contributed by atoms with E-state index in [0.717, 1.165) is 35.4 Å². The van der Waals surface area contributed by atoms with Gasteiger partial charge in [0, 0.05) is 25.0 Å². The van der Waals surface area contributed by atoms with Gasteiger partial charge in [0.1, 0.15) is 11.9 Å². The maximum Gasteiger partial charge on any atom is 0.241 e. The van der Waals surface area contributed by atoms with Crippen LogP contribution in [0, 0.1) is 6.92 Å². The molecule has 0 aliphatic carbocycles. The van der Waals surface area contributed by atoms with E-state index in [1.165, 1.54) is 0 Å². The molecule has 0 saturated carbocycles. The predicted molar refractivity (Wildman–Crippen MR) is 79.7 cm³/mol. The molecule has 1 aromatic heterocycles. The normalized spacial score (nSPS) is 19.2. The molecule has 20 heavy (non-hydrogen) atoms. The Hall–Kier alpha value is -2.14. The van der Waals surface area contributed by atoms with E-state index in [2.05, 4.69) is 11.4 Å². The molecule has 0 radical (unpaired) electrons. The fraction of sp³-hybridized carbons (Fsp3) is 0.333. The quantitative estimate of drug-likeness (QED) is 0.847. The Kier molecular flexibility index (Phi) is 3.28. The molecular formula is C15H18N4O. The Morgan fingerprint density at radius 3 is 3.05 bits per heavy atom. The lowest BCUT2D eigenvalue weighted by molar-refractivity contribution is -0.119. The highest BCUT2D eigenvalue weighted by Crippen LogP contribution is 2.24. The Labute approximate surface area is 117 Å². The van der Waals surface area contributed by atoms with Crippen LogP contribution in [0.2, 0.25) is 0 Å². The number of nitrogens with zero attached hydrogens (tertiary/aromatic N) is 2. The third-order valence-electron chi connectivity index (χ3n) is 3.73. The molecule has 3 rings (SSSR count). The first-order valence-corrected chi connectivity index (χ1v) is 6.80. The summed E-state index contributed by atoms with van der Waals surface area (Å²) in [4.78, 5) is 18.4. The van der Waals surface area contributed by atoms with E-state index < -0.39 is 0 Å². The summed E-state index contributed by atoms with van der Waals surface area (Å²) in [5, 5.41) is 4.31. The van der Waals surface area contributed by atoms with Crippen LogP contribution in [-0.2, 0) is 4.79 Å². The van der Waals surface area contributed by atoms with E-state index in [9.17, 15) is 4.79 Å². The summed E-state index contributed by atoms with van der Waals surface area (Å²) >= 11 is 0. The molecule has 2 heterocycles. The first-order valence-electron chi connectivity index (χ1n) is 6.80. The molecule has 5 heteroatoms. The van der Waals surface area contributed by atoms with Crippen molar-refractivity contribution in [2.45, 2.75) is 13.0 Å². The van der Waals surface area contributed by atoms with Crippen LogP contribution in [0.3, 0.4) is 0 Å². The molecule has 0 spiro atoms. The number of rotatable bonds is 2. The number of carbonyl (C=O) groups excluding carboxylic acids is 1. The van der Waals surface area contributed by atoms with Crippen molar-refractivity contribution >= 4 is 22.6 Å². The lowest BCUT2D eigenvalue weighted by Crippen LogP contribution is -2.57. The van der Waals surface area contributed by atoms with Crippen LogP contribution >= 0.6 is 0 Å². The molecule has 104 valence electrons. The monoisotopic (exact) mass is 270 g/mol. The van der Waals surface area contributed by atoms with Crippen LogP contribution in [0.1, 0.15) is 5.56 Å². The van der Waals surface area contributed by atoms with Crippen molar-refractivity contribution in [3.63, 3.8) is 0 Å². The van der Waals surface area contributed by atoms with Crippen LogP contribution in [-0.4, -0.2) is 36.6 Å². The van der Waals surface area contributed by atoms with Gasteiger partial charge in [0.05, 0.1) is 5.52 Å². The van der Waals surface area contributed by atoms with Crippen LogP contribution in [0.15, 0.2) is 30.3 Å². The highest BCUT2D eigenvalue weighted by atomic mass is 16.1. The van der Waals surface area contributed by atoms with Gasteiger partial charge in [-0.15, -0.1) is 0 Å². The zero-order valence-corrected chi connectivity index (χ0v) is 11.5. The summed E-state index contributed by atoms with van der Waals surface area (Å²) in [6.45, 7) is 4.16. The van der Waals surface area contributed by atoms with E-state index in [0.29, 0.717) is 6.54 Å². The minimum atomic E-state index is -0.337. The summed E-state index contributed by atoms with van der Waals surface area (Å²) in [5.41, 5.74) is 7.52. The van der Waals surface area contributed by atoms with Crippen LogP contribution in [0.4, 0.5) is 5.82 Å². The summed E-state index contributed by atoms with van der Waals surface area (Å²) < 4.78 is 0. The number of anilines is 1. The number of para-hydroxylation sites is 1. The van der Waals surface area contributed by atoms with Gasteiger partial charge >= 0.3 is 0 Å². The van der Waals surface area contributed by atoms with Crippen molar-refractivity contribution in [3.05, 3.63) is 35.9 Å². The molecule has 1 aromatic carbocycles. The number of benzene rings is 1. The second kappa shape index (κ2) is 5.09. The molecule has 1 aliphatic heterocycles. The molecule has 1 saturated heterocycles. The smallest absolute Gasteiger partial charge is 0.241 e. The second-order valence-corrected chi connectivity index (χ2v) is 5.14. The Balaban J connectivity index is 2.07. The van der Waals surface area contributed by atoms with Crippen LogP contribution < -0.4 is 16.0 Å². The molecule has 1 atom stereocenters. The first kappa shape index (κ1) is 12.9. The third-order valence-corrected chi connectivity index (χ3v) is 3.73. The topological polar surface area (TPSA) is 71.2 Å². The van der Waals surface area contributed by atoms with Crippen molar-refractivity contribution in [1.82, 2.24) is 10.3 Å². The average molecular weight is 270 g/mol. The van der Waals surface area contributed by atoms with Crippen LogP contribution in [0.25, 0.3) is 10.9 Å². The van der Waals surface area contributed by atoms with E-state index in [-0.39, 0.29) is 11.9 Å². The number of amides is 1. The van der Waals surface area contributed by atoms with Gasteiger partial charge in [0.25, 0.3) is 0 Å². The van der Waals surface area contributed by atoms with Gasteiger partial charge in [-0.2, -0.15) is 0 Å². The number of aromatic nitrogens is 1. The maximum absolute atomic E-state index is 11.6. The van der Waals surface area contributed by atoms with Gasteiger partial charge in [-0.1, -0.05) is 18.2 Å². The van der Waals surface area contributed by atoms with Crippen molar-refractivity contribution < 1.29 is 4.79 Å². The molecule has 1 aliphatic rings. The van der Waals surface area contributed by atoms with Crippen molar-refractivity contribution in [1.29, 1.82) is 0 Å². The van der Waals surface area contributed by atoms with Gasteiger partial charge in [-0.3, -0.25) is 4.79 Å². The number of piperazine rings is 1. The number of hydrogen-bond donors (Lipinski definition) is 2. The Morgan fingerprint density at radius 1 is 1.45 bits per heavy atom. The molecule has 2 aromatic rings. The van der Waals surface area contributed by atoms with E-state index in [4.69, 9.17) is 10.7 Å². The minimum Gasteiger partial charge on any atom is -0.368 e. The van der Waals surface area contributed by atoms with Crippen molar-refractivity contribution in [2.75, 3.05) is 24.5 Å². The van der Waals surface area contributed by atoms with Gasteiger partial charge in [-0.05, 0) is 24.6 Å². The Morgan fingerprint density at radius 2 is 2.25 bits per heavy atom. The SMILES string of the molecule is Cc1cc2ccccc2nc1N1CCNCC1C(N)=O. The van der Waals surface area contributed by atoms with E-state index in [1.54, 1.807) is 0 Å². The minimum absolute atomic E-state index is 0.313. The summed E-state index contributed by atoms with van der Waals surface area (Å²) in [5.74, 6) is 0.542. The molecule has 5 nitrogen and oxygen atoms in total. The van der Waals surface area contributed by atoms with Gasteiger partial charge < -0.3 is 16.0 Å². The molecule has 3 N–H and O–H groups in total. The third kappa shape index (κ3) is 2.20. The fourth-order valence-corrected chi connectivity index (χ4v) is 2.71. The number of hydrogen-bond acceptors (Lipinski definition) is 4. The summed E-state index contributed by atoms with van der Waals surface area (Å²) in [6, 6.07) is 9.77. The largest absolute Gasteiger partial charge is 0.368 e. The summed E-state index contributed by atoms with van der Waals surface area (Å²) in [7, 11) is 0. The predicted octanol–water partition coefficient (Wildman–Crippen LogP) is 0.807. The molecule has 1 fully saturated rings. The number of nitrogens with two attached hydrogens (primary N) is 1. The zero-order valence-electron chi connectivity index (χ0n) is 11.5. The lowest BCUT2D eigenvalue weighted by Gasteiger charge is -2.36. The molecule has 0 bridgehead atoms. The van der Waals surface area contributed by atoms with Gasteiger partial charge in [0.15, 0.2) is 0 Å². The van der Waals surface area contributed by atoms with Gasteiger partial charge in [0.2, 0.25) is 5.91 Å². The maximum atomic E-state index is 11.6. The average Bonchev–Trinajstić information content (AvgIpc) is 2.46. The highest BCUT2D eigenvalue weighted by molar-refractivity contribution is 5.86. The molecular weight excluding hydrogens is 252 g/mol. The lowest BCUT2D eigenvalue weighted by atomic mass is 10.1. The van der Waals surface area contributed by atoms with Gasteiger partial charge in [-0.25, -0.2) is 4.98 Å². The number of nitrogens with one attached hydrogen (secondary N) is 1. The first-order chi connectivity index (χ1) is 9.66. The Bertz CT molecular complexity index is 655. The van der Waals surface area contributed by atoms with E-state index >= 15 is 0 Å². The summed E-state index contributed by atoms with van der Waals surface area (Å²) in [6.07, 6.45) is 0.